The zero-order valence-electron chi connectivity index (χ0n) is 9.72. The summed E-state index contributed by atoms with van der Waals surface area (Å²) >= 11 is 0. The van der Waals surface area contributed by atoms with Gasteiger partial charge in [-0.1, -0.05) is 6.92 Å². The van der Waals surface area contributed by atoms with Gasteiger partial charge in [0, 0.05) is 18.7 Å². The second kappa shape index (κ2) is 5.25. The molecular weight excluding hydrogens is 202 g/mol. The average Bonchev–Trinajstić information content (AvgIpc) is 3.10. The van der Waals surface area contributed by atoms with Gasteiger partial charge >= 0.3 is 0 Å². The maximum absolute atomic E-state index is 6.05. The molecule has 1 fully saturated rings. The second-order valence-electron chi connectivity index (χ2n) is 4.40. The number of hydrogen-bond donors (Lipinski definition) is 1. The number of nitrogens with zero attached hydrogens (tertiary/aromatic N) is 2. The van der Waals surface area contributed by atoms with E-state index in [9.17, 15) is 0 Å². The predicted molar refractivity (Wildman–Crippen MR) is 62.2 cm³/mol. The van der Waals surface area contributed by atoms with E-state index in [2.05, 4.69) is 16.9 Å². The molecule has 4 heteroatoms. The molecule has 88 valence electrons. The van der Waals surface area contributed by atoms with E-state index in [1.54, 1.807) is 12.4 Å². The maximum Gasteiger partial charge on any atom is 0.232 e. The fraction of sp³-hybridized carbons (Fsp3) is 0.667. The van der Waals surface area contributed by atoms with Crippen molar-refractivity contribution in [2.24, 2.45) is 11.7 Å². The SMILES string of the molecule is CCCOc1cncc(CC(N)C2CC2)n1. The molecule has 2 rings (SSSR count). The summed E-state index contributed by atoms with van der Waals surface area (Å²) in [5.74, 6) is 1.31. The first-order valence-corrected chi connectivity index (χ1v) is 5.99. The highest BCUT2D eigenvalue weighted by molar-refractivity contribution is 5.10. The summed E-state index contributed by atoms with van der Waals surface area (Å²) in [4.78, 5) is 8.52. The fourth-order valence-corrected chi connectivity index (χ4v) is 1.69. The van der Waals surface area contributed by atoms with Crippen LogP contribution in [0, 0.1) is 5.92 Å². The Bertz CT molecular complexity index is 339. The summed E-state index contributed by atoms with van der Waals surface area (Å²) < 4.78 is 5.44. The van der Waals surface area contributed by atoms with Gasteiger partial charge < -0.3 is 10.5 Å². The topological polar surface area (TPSA) is 61.0 Å². The van der Waals surface area contributed by atoms with E-state index in [-0.39, 0.29) is 6.04 Å². The minimum absolute atomic E-state index is 0.232. The average molecular weight is 221 g/mol. The molecule has 1 aromatic rings. The van der Waals surface area contributed by atoms with Crippen molar-refractivity contribution in [3.8, 4) is 5.88 Å². The van der Waals surface area contributed by atoms with Crippen LogP contribution in [0.3, 0.4) is 0 Å². The highest BCUT2D eigenvalue weighted by atomic mass is 16.5. The molecule has 1 heterocycles. The molecule has 1 aliphatic carbocycles. The molecule has 1 unspecified atom stereocenters. The van der Waals surface area contributed by atoms with Gasteiger partial charge in [-0.25, -0.2) is 4.98 Å². The van der Waals surface area contributed by atoms with E-state index in [1.165, 1.54) is 12.8 Å². The smallest absolute Gasteiger partial charge is 0.232 e. The Morgan fingerprint density at radius 2 is 2.31 bits per heavy atom. The van der Waals surface area contributed by atoms with E-state index in [1.807, 2.05) is 0 Å². The van der Waals surface area contributed by atoms with Crippen molar-refractivity contribution in [1.29, 1.82) is 0 Å². The minimum Gasteiger partial charge on any atom is -0.477 e. The molecule has 0 aliphatic heterocycles. The molecule has 0 radical (unpaired) electrons. The summed E-state index contributed by atoms with van der Waals surface area (Å²) in [5, 5.41) is 0. The third kappa shape index (κ3) is 3.17. The van der Waals surface area contributed by atoms with Crippen LogP contribution in [-0.4, -0.2) is 22.6 Å². The summed E-state index contributed by atoms with van der Waals surface area (Å²) in [7, 11) is 0. The number of ether oxygens (including phenoxy) is 1. The minimum atomic E-state index is 0.232. The Kier molecular flexibility index (Phi) is 3.72. The van der Waals surface area contributed by atoms with E-state index in [0.717, 1.165) is 18.5 Å². The largest absolute Gasteiger partial charge is 0.477 e. The van der Waals surface area contributed by atoms with Crippen LogP contribution in [-0.2, 0) is 6.42 Å². The van der Waals surface area contributed by atoms with E-state index in [0.29, 0.717) is 18.4 Å². The molecule has 4 nitrogen and oxygen atoms in total. The molecule has 16 heavy (non-hydrogen) atoms. The van der Waals surface area contributed by atoms with Gasteiger partial charge in [-0.2, -0.15) is 0 Å². The molecule has 0 saturated heterocycles. The number of rotatable bonds is 6. The van der Waals surface area contributed by atoms with Crippen LogP contribution in [0.15, 0.2) is 12.4 Å². The molecule has 1 atom stereocenters. The van der Waals surface area contributed by atoms with Gasteiger partial charge in [0.15, 0.2) is 0 Å². The lowest BCUT2D eigenvalue weighted by atomic mass is 10.1. The van der Waals surface area contributed by atoms with Crippen molar-refractivity contribution in [1.82, 2.24) is 9.97 Å². The third-order valence-electron chi connectivity index (χ3n) is 2.79. The molecule has 1 saturated carbocycles. The van der Waals surface area contributed by atoms with Crippen molar-refractivity contribution < 1.29 is 4.74 Å². The monoisotopic (exact) mass is 221 g/mol. The van der Waals surface area contributed by atoms with Gasteiger partial charge in [-0.05, 0) is 25.2 Å². The van der Waals surface area contributed by atoms with E-state index >= 15 is 0 Å². The molecule has 0 bridgehead atoms. The van der Waals surface area contributed by atoms with E-state index < -0.39 is 0 Å². The highest BCUT2D eigenvalue weighted by Crippen LogP contribution is 2.32. The summed E-state index contributed by atoms with van der Waals surface area (Å²) in [5.41, 5.74) is 6.99. The highest BCUT2D eigenvalue weighted by Gasteiger charge is 2.28. The Balaban J connectivity index is 1.92. The molecule has 1 aliphatic rings. The van der Waals surface area contributed by atoms with Crippen LogP contribution in [0.2, 0.25) is 0 Å². The molecule has 2 N–H and O–H groups in total. The standard InChI is InChI=1S/C12H19N3O/c1-2-5-16-12-8-14-7-10(15-12)6-11(13)9-3-4-9/h7-9,11H,2-6,13H2,1H3. The lowest BCUT2D eigenvalue weighted by Crippen LogP contribution is -2.25. The number of aromatic nitrogens is 2. The van der Waals surface area contributed by atoms with Gasteiger partial charge in [-0.15, -0.1) is 0 Å². The zero-order chi connectivity index (χ0) is 11.4. The first kappa shape index (κ1) is 11.3. The van der Waals surface area contributed by atoms with Gasteiger partial charge in [0.1, 0.15) is 0 Å². The van der Waals surface area contributed by atoms with E-state index in [4.69, 9.17) is 10.5 Å². The maximum atomic E-state index is 6.05. The zero-order valence-corrected chi connectivity index (χ0v) is 9.72. The summed E-state index contributed by atoms with van der Waals surface area (Å²) in [6.07, 6.45) is 7.75. The number of hydrogen-bond acceptors (Lipinski definition) is 4. The van der Waals surface area contributed by atoms with Crippen molar-refractivity contribution in [3.05, 3.63) is 18.1 Å². The van der Waals surface area contributed by atoms with Gasteiger partial charge in [-0.3, -0.25) is 4.98 Å². The van der Waals surface area contributed by atoms with Crippen molar-refractivity contribution in [2.75, 3.05) is 6.61 Å². The molecule has 0 spiro atoms. The Morgan fingerprint density at radius 1 is 1.50 bits per heavy atom. The van der Waals surface area contributed by atoms with Gasteiger partial charge in [0.25, 0.3) is 0 Å². The summed E-state index contributed by atoms with van der Waals surface area (Å²) in [6.45, 7) is 2.76. The van der Waals surface area contributed by atoms with Crippen LogP contribution in [0.1, 0.15) is 31.9 Å². The van der Waals surface area contributed by atoms with Crippen LogP contribution in [0.25, 0.3) is 0 Å². The van der Waals surface area contributed by atoms with Crippen LogP contribution in [0.4, 0.5) is 0 Å². The van der Waals surface area contributed by atoms with Gasteiger partial charge in [0.05, 0.1) is 18.5 Å². The second-order valence-corrected chi connectivity index (χ2v) is 4.40. The normalized spacial score (nSPS) is 17.1. The van der Waals surface area contributed by atoms with Crippen LogP contribution >= 0.6 is 0 Å². The fourth-order valence-electron chi connectivity index (χ4n) is 1.69. The lowest BCUT2D eigenvalue weighted by Gasteiger charge is -2.10. The Labute approximate surface area is 96.2 Å². The number of nitrogens with two attached hydrogens (primary N) is 1. The quantitative estimate of drug-likeness (QED) is 0.791. The molecule has 1 aromatic heterocycles. The van der Waals surface area contributed by atoms with Crippen LogP contribution in [0.5, 0.6) is 5.88 Å². The summed E-state index contributed by atoms with van der Waals surface area (Å²) in [6, 6.07) is 0.232. The predicted octanol–water partition coefficient (Wildman–Crippen LogP) is 1.55. The first-order chi connectivity index (χ1) is 7.79. The first-order valence-electron chi connectivity index (χ1n) is 5.99. The Morgan fingerprint density at radius 3 is 3.00 bits per heavy atom. The molecule has 0 aromatic carbocycles. The lowest BCUT2D eigenvalue weighted by molar-refractivity contribution is 0.302. The third-order valence-corrected chi connectivity index (χ3v) is 2.79. The molecule has 0 amide bonds. The van der Waals surface area contributed by atoms with Crippen molar-refractivity contribution in [2.45, 2.75) is 38.6 Å². The van der Waals surface area contributed by atoms with Crippen molar-refractivity contribution >= 4 is 0 Å². The van der Waals surface area contributed by atoms with Crippen molar-refractivity contribution in [3.63, 3.8) is 0 Å². The van der Waals surface area contributed by atoms with Crippen LogP contribution < -0.4 is 10.5 Å². The molecular formula is C12H19N3O. The Hall–Kier alpha value is -1.16. The van der Waals surface area contributed by atoms with Gasteiger partial charge in [0.2, 0.25) is 5.88 Å².